The molecule has 0 saturated heterocycles. The highest BCUT2D eigenvalue weighted by Crippen LogP contribution is 2.07. The Morgan fingerprint density at radius 2 is 2.28 bits per heavy atom. The number of halogens is 1. The van der Waals surface area contributed by atoms with E-state index in [1.807, 2.05) is 0 Å². The van der Waals surface area contributed by atoms with Gasteiger partial charge in [0.15, 0.2) is 0 Å². The Balaban J connectivity index is 2.78. The first-order valence-corrected chi connectivity index (χ1v) is 6.18. The second-order valence-corrected chi connectivity index (χ2v) is 4.30. The lowest BCUT2D eigenvalue weighted by atomic mass is 10.2. The summed E-state index contributed by atoms with van der Waals surface area (Å²) in [5.74, 6) is -0.178. The number of aromatic nitrogens is 1. The summed E-state index contributed by atoms with van der Waals surface area (Å²) in [4.78, 5) is 23.2. The number of alkyl halides is 1. The molecule has 0 fully saturated rings. The van der Waals surface area contributed by atoms with E-state index < -0.39 is 0 Å². The maximum atomic E-state index is 11.6. The molecule has 0 spiro atoms. The lowest BCUT2D eigenvalue weighted by molar-refractivity contribution is -0.118. The summed E-state index contributed by atoms with van der Waals surface area (Å²) in [6.07, 6.45) is 1.60. The topological polar surface area (TPSA) is 60.3 Å². The maximum Gasteiger partial charge on any atom is 0.250 e. The first-order valence-electron chi connectivity index (χ1n) is 5.64. The first kappa shape index (κ1) is 14.7. The summed E-state index contributed by atoms with van der Waals surface area (Å²) >= 11 is 5.61. The SMILES string of the molecule is COCCn1cc(NC(=O)C(C)CCl)ccc1=O. The highest BCUT2D eigenvalue weighted by Gasteiger charge is 2.11. The van der Waals surface area contributed by atoms with Gasteiger partial charge in [0.2, 0.25) is 5.91 Å². The van der Waals surface area contributed by atoms with Crippen molar-refractivity contribution < 1.29 is 9.53 Å². The van der Waals surface area contributed by atoms with E-state index in [9.17, 15) is 9.59 Å². The van der Waals surface area contributed by atoms with E-state index in [1.165, 1.54) is 10.6 Å². The normalized spacial score (nSPS) is 12.2. The lowest BCUT2D eigenvalue weighted by Gasteiger charge is -2.11. The Morgan fingerprint density at radius 3 is 2.89 bits per heavy atom. The van der Waals surface area contributed by atoms with E-state index in [0.717, 1.165) is 0 Å². The van der Waals surface area contributed by atoms with Crippen LogP contribution < -0.4 is 10.9 Å². The molecule has 0 saturated carbocycles. The van der Waals surface area contributed by atoms with Crippen LogP contribution in [0.4, 0.5) is 5.69 Å². The molecule has 5 nitrogen and oxygen atoms in total. The number of carbonyl (C=O) groups excluding carboxylic acids is 1. The van der Waals surface area contributed by atoms with E-state index in [4.69, 9.17) is 16.3 Å². The Kier molecular flexibility index (Phi) is 5.88. The summed E-state index contributed by atoms with van der Waals surface area (Å²) < 4.78 is 6.40. The molecule has 0 bridgehead atoms. The molecule has 1 rings (SSSR count). The van der Waals surface area contributed by atoms with Crippen LogP contribution >= 0.6 is 11.6 Å². The number of nitrogens with zero attached hydrogens (tertiary/aromatic N) is 1. The largest absolute Gasteiger partial charge is 0.383 e. The number of rotatable bonds is 6. The van der Waals surface area contributed by atoms with Crippen LogP contribution in [0, 0.1) is 5.92 Å². The maximum absolute atomic E-state index is 11.6. The van der Waals surface area contributed by atoms with Gasteiger partial charge in [-0.15, -0.1) is 11.6 Å². The number of ether oxygens (including phenoxy) is 1. The third-order valence-corrected chi connectivity index (χ3v) is 2.93. The predicted molar refractivity (Wildman–Crippen MR) is 71.1 cm³/mol. The van der Waals surface area contributed by atoms with Gasteiger partial charge in [-0.3, -0.25) is 9.59 Å². The Morgan fingerprint density at radius 1 is 1.56 bits per heavy atom. The van der Waals surface area contributed by atoms with E-state index in [0.29, 0.717) is 18.8 Å². The summed E-state index contributed by atoms with van der Waals surface area (Å²) in [5, 5.41) is 2.71. The van der Waals surface area contributed by atoms with Crippen molar-refractivity contribution in [3.05, 3.63) is 28.7 Å². The van der Waals surface area contributed by atoms with Crippen LogP contribution in [-0.2, 0) is 16.1 Å². The van der Waals surface area contributed by atoms with Gasteiger partial charge in [-0.05, 0) is 6.07 Å². The Bertz CT molecular complexity index is 459. The highest BCUT2D eigenvalue weighted by atomic mass is 35.5. The van der Waals surface area contributed by atoms with Gasteiger partial charge < -0.3 is 14.6 Å². The number of amides is 1. The molecule has 1 aromatic rings. The second-order valence-electron chi connectivity index (χ2n) is 3.99. The van der Waals surface area contributed by atoms with Gasteiger partial charge in [0.05, 0.1) is 12.3 Å². The standard InChI is InChI=1S/C12H17ClN2O3/c1-9(7-13)12(17)14-10-3-4-11(16)15(8-10)5-6-18-2/h3-4,8-9H,5-7H2,1-2H3,(H,14,17). The van der Waals surface area contributed by atoms with E-state index >= 15 is 0 Å². The zero-order valence-electron chi connectivity index (χ0n) is 10.5. The van der Waals surface area contributed by atoms with E-state index in [-0.39, 0.29) is 23.3 Å². The van der Waals surface area contributed by atoms with Gasteiger partial charge in [0, 0.05) is 37.7 Å². The van der Waals surface area contributed by atoms with Crippen molar-refractivity contribution in [1.82, 2.24) is 4.57 Å². The average Bonchev–Trinajstić information content (AvgIpc) is 2.38. The molecule has 0 aliphatic carbocycles. The van der Waals surface area contributed by atoms with Gasteiger partial charge in [0.25, 0.3) is 5.56 Å². The third-order valence-electron chi connectivity index (χ3n) is 2.47. The minimum atomic E-state index is -0.272. The molecule has 1 unspecified atom stereocenters. The van der Waals surface area contributed by atoms with Gasteiger partial charge in [0.1, 0.15) is 0 Å². The van der Waals surface area contributed by atoms with Crippen LogP contribution in [0.2, 0.25) is 0 Å². The molecule has 1 amide bonds. The van der Waals surface area contributed by atoms with Crippen LogP contribution in [0.5, 0.6) is 0 Å². The van der Waals surface area contributed by atoms with Crippen molar-refractivity contribution in [1.29, 1.82) is 0 Å². The minimum Gasteiger partial charge on any atom is -0.383 e. The fraction of sp³-hybridized carbons (Fsp3) is 0.500. The fourth-order valence-corrected chi connectivity index (χ4v) is 1.45. The molecule has 1 atom stereocenters. The van der Waals surface area contributed by atoms with Crippen LogP contribution in [0.1, 0.15) is 6.92 Å². The number of nitrogens with one attached hydrogen (secondary N) is 1. The smallest absolute Gasteiger partial charge is 0.250 e. The number of pyridine rings is 1. The molecular formula is C12H17ClN2O3. The zero-order chi connectivity index (χ0) is 13.5. The van der Waals surface area contributed by atoms with Crippen LogP contribution in [0.25, 0.3) is 0 Å². The molecule has 0 aromatic carbocycles. The van der Waals surface area contributed by atoms with Crippen molar-refractivity contribution >= 4 is 23.2 Å². The van der Waals surface area contributed by atoms with Crippen molar-refractivity contribution in [3.63, 3.8) is 0 Å². The molecule has 0 aliphatic rings. The van der Waals surface area contributed by atoms with Crippen LogP contribution in [0.3, 0.4) is 0 Å². The molecule has 6 heteroatoms. The molecule has 1 heterocycles. The highest BCUT2D eigenvalue weighted by molar-refractivity contribution is 6.19. The lowest BCUT2D eigenvalue weighted by Crippen LogP contribution is -2.25. The van der Waals surface area contributed by atoms with E-state index in [2.05, 4.69) is 5.32 Å². The number of hydrogen-bond acceptors (Lipinski definition) is 3. The molecule has 18 heavy (non-hydrogen) atoms. The van der Waals surface area contributed by atoms with Crippen molar-refractivity contribution in [2.24, 2.45) is 5.92 Å². The number of carbonyl (C=O) groups is 1. The average molecular weight is 273 g/mol. The molecule has 1 N–H and O–H groups in total. The Hall–Kier alpha value is -1.33. The number of anilines is 1. The molecule has 0 aliphatic heterocycles. The summed E-state index contributed by atoms with van der Waals surface area (Å²) in [7, 11) is 1.57. The molecule has 100 valence electrons. The van der Waals surface area contributed by atoms with Gasteiger partial charge in [-0.2, -0.15) is 0 Å². The summed E-state index contributed by atoms with van der Waals surface area (Å²) in [6.45, 7) is 2.63. The second kappa shape index (κ2) is 7.18. The fourth-order valence-electron chi connectivity index (χ4n) is 1.31. The molecule has 0 radical (unpaired) electrons. The Labute approximate surface area is 111 Å². The first-order chi connectivity index (χ1) is 8.58. The summed E-state index contributed by atoms with van der Waals surface area (Å²) in [5.41, 5.74) is 0.447. The van der Waals surface area contributed by atoms with Gasteiger partial charge in [-0.25, -0.2) is 0 Å². The number of methoxy groups -OCH3 is 1. The monoisotopic (exact) mass is 272 g/mol. The quantitative estimate of drug-likeness (QED) is 0.795. The predicted octanol–water partition coefficient (Wildman–Crippen LogP) is 1.31. The summed E-state index contributed by atoms with van der Waals surface area (Å²) in [6, 6.07) is 2.99. The van der Waals surface area contributed by atoms with E-state index in [1.54, 1.807) is 26.3 Å². The van der Waals surface area contributed by atoms with Gasteiger partial charge in [-0.1, -0.05) is 6.92 Å². The van der Waals surface area contributed by atoms with Crippen molar-refractivity contribution in [3.8, 4) is 0 Å². The third kappa shape index (κ3) is 4.16. The van der Waals surface area contributed by atoms with Crippen LogP contribution in [0.15, 0.2) is 23.1 Å². The van der Waals surface area contributed by atoms with Gasteiger partial charge >= 0.3 is 0 Å². The molecule has 1 aromatic heterocycles. The minimum absolute atomic E-state index is 0.129. The zero-order valence-corrected chi connectivity index (χ0v) is 11.2. The number of hydrogen-bond donors (Lipinski definition) is 1. The van der Waals surface area contributed by atoms with Crippen LogP contribution in [-0.4, -0.2) is 30.1 Å². The van der Waals surface area contributed by atoms with Crippen molar-refractivity contribution in [2.45, 2.75) is 13.5 Å². The van der Waals surface area contributed by atoms with Crippen molar-refractivity contribution in [2.75, 3.05) is 24.9 Å². The molecular weight excluding hydrogens is 256 g/mol.